The van der Waals surface area contributed by atoms with Gasteiger partial charge < -0.3 is 10.1 Å². The van der Waals surface area contributed by atoms with E-state index < -0.39 is 24.3 Å². The van der Waals surface area contributed by atoms with E-state index in [1.165, 1.54) is 18.4 Å². The first-order valence-electron chi connectivity index (χ1n) is 5.88. The fourth-order valence-electron chi connectivity index (χ4n) is 1.45. The van der Waals surface area contributed by atoms with Gasteiger partial charge >= 0.3 is 6.18 Å². The molecule has 1 aromatic rings. The quantitative estimate of drug-likeness (QED) is 0.364. The second-order valence-electron chi connectivity index (χ2n) is 3.93. The predicted octanol–water partition coefficient (Wildman–Crippen LogP) is 2.61. The van der Waals surface area contributed by atoms with Gasteiger partial charge in [-0.05, 0) is 24.3 Å². The number of alkyl halides is 3. The molecule has 118 valence electrons. The van der Waals surface area contributed by atoms with Crippen LogP contribution in [-0.4, -0.2) is 25.5 Å². The van der Waals surface area contributed by atoms with Gasteiger partial charge in [0.2, 0.25) is 6.41 Å². The molecule has 1 N–H and O–H groups in total. The summed E-state index contributed by atoms with van der Waals surface area (Å²) in [6, 6.07) is 2.87. The Kier molecular flexibility index (Phi) is 6.30. The number of benzene rings is 1. The van der Waals surface area contributed by atoms with Gasteiger partial charge in [0.25, 0.3) is 0 Å². The topological polar surface area (TPSA) is 55.4 Å². The molecular weight excluding hydrogens is 306 g/mol. The highest BCUT2D eigenvalue weighted by Crippen LogP contribution is 2.28. The summed E-state index contributed by atoms with van der Waals surface area (Å²) in [6.45, 7) is -1.61. The Morgan fingerprint density at radius 3 is 2.59 bits per heavy atom. The number of amides is 1. The van der Waals surface area contributed by atoms with Crippen LogP contribution in [0.1, 0.15) is 5.56 Å². The lowest BCUT2D eigenvalue weighted by atomic mass is 10.1. The van der Waals surface area contributed by atoms with Gasteiger partial charge in [-0.2, -0.15) is 13.2 Å². The van der Waals surface area contributed by atoms with Crippen molar-refractivity contribution >= 4 is 18.3 Å². The summed E-state index contributed by atoms with van der Waals surface area (Å²) < 4.78 is 54.3. The highest BCUT2D eigenvalue weighted by Gasteiger charge is 2.29. The number of allylic oxidation sites excluding steroid dienone is 3. The summed E-state index contributed by atoms with van der Waals surface area (Å²) in [5.41, 5.74) is -0.0440. The maximum Gasteiger partial charge on any atom is 0.422 e. The summed E-state index contributed by atoms with van der Waals surface area (Å²) in [4.78, 5) is 21.1. The van der Waals surface area contributed by atoms with Crippen molar-refractivity contribution in [1.29, 1.82) is 0 Å². The molecule has 0 bridgehead atoms. The molecule has 0 saturated heterocycles. The third-order valence-corrected chi connectivity index (χ3v) is 2.31. The maximum absolute atomic E-state index is 13.2. The number of halogens is 4. The molecule has 22 heavy (non-hydrogen) atoms. The summed E-state index contributed by atoms with van der Waals surface area (Å²) in [6.07, 6.45) is -0.107. The monoisotopic (exact) mass is 317 g/mol. The summed E-state index contributed by atoms with van der Waals surface area (Å²) in [5, 5.41) is 2.19. The number of rotatable bonds is 7. The molecule has 0 spiro atoms. The Labute approximate surface area is 123 Å². The van der Waals surface area contributed by atoms with Crippen LogP contribution in [0.4, 0.5) is 17.6 Å². The number of aldehydes is 1. The number of hydrogen-bond donors (Lipinski definition) is 1. The van der Waals surface area contributed by atoms with Crippen molar-refractivity contribution in [3.8, 4) is 5.75 Å². The van der Waals surface area contributed by atoms with Gasteiger partial charge in [0.1, 0.15) is 11.6 Å². The summed E-state index contributed by atoms with van der Waals surface area (Å²) in [7, 11) is 0. The fraction of sp³-hybridized carbons (Fsp3) is 0.143. The number of hydrogen-bond acceptors (Lipinski definition) is 3. The lowest BCUT2D eigenvalue weighted by Gasteiger charge is -2.13. The van der Waals surface area contributed by atoms with Crippen LogP contribution in [0.2, 0.25) is 0 Å². The highest BCUT2D eigenvalue weighted by atomic mass is 19.4. The average molecular weight is 317 g/mol. The SMILES string of the molecule is O=CN/C=C\C=C(\C=O)c1ccc(F)cc1OCC(F)(F)F. The molecule has 4 nitrogen and oxygen atoms in total. The van der Waals surface area contributed by atoms with Crippen LogP contribution in [-0.2, 0) is 9.59 Å². The van der Waals surface area contributed by atoms with Crippen LogP contribution < -0.4 is 10.1 Å². The van der Waals surface area contributed by atoms with E-state index in [0.29, 0.717) is 12.7 Å². The maximum atomic E-state index is 13.2. The van der Waals surface area contributed by atoms with E-state index in [1.807, 2.05) is 0 Å². The normalized spacial score (nSPS) is 12.3. The van der Waals surface area contributed by atoms with Crippen LogP contribution in [0.15, 0.2) is 36.6 Å². The molecule has 0 aliphatic rings. The number of nitrogens with one attached hydrogen (secondary N) is 1. The lowest BCUT2D eigenvalue weighted by Crippen LogP contribution is -2.19. The van der Waals surface area contributed by atoms with E-state index in [1.54, 1.807) is 0 Å². The van der Waals surface area contributed by atoms with Crippen LogP contribution in [0.25, 0.3) is 5.57 Å². The van der Waals surface area contributed by atoms with Crippen molar-refractivity contribution in [2.45, 2.75) is 6.18 Å². The smallest absolute Gasteiger partial charge is 0.422 e. The van der Waals surface area contributed by atoms with E-state index in [-0.39, 0.29) is 11.1 Å². The molecule has 1 rings (SSSR count). The molecule has 8 heteroatoms. The molecule has 0 fully saturated rings. The lowest BCUT2D eigenvalue weighted by molar-refractivity contribution is -0.153. The van der Waals surface area contributed by atoms with Crippen molar-refractivity contribution in [3.05, 3.63) is 47.9 Å². The third-order valence-electron chi connectivity index (χ3n) is 2.31. The van der Waals surface area contributed by atoms with Crippen molar-refractivity contribution in [1.82, 2.24) is 5.32 Å². The second kappa shape index (κ2) is 7.96. The predicted molar refractivity (Wildman–Crippen MR) is 70.3 cm³/mol. The van der Waals surface area contributed by atoms with Crippen molar-refractivity contribution in [3.63, 3.8) is 0 Å². The standard InChI is InChI=1S/C14H11F4NO3/c15-11-3-4-12(10(7-20)2-1-5-19-9-21)13(6-11)22-8-14(16,17)18/h1-7,9H,8H2,(H,19,21)/b5-1-,10-2-. The fourth-order valence-corrected chi connectivity index (χ4v) is 1.45. The number of carbonyl (C=O) groups excluding carboxylic acids is 2. The molecule has 0 atom stereocenters. The van der Waals surface area contributed by atoms with Crippen molar-refractivity contribution < 1.29 is 31.9 Å². The number of ether oxygens (including phenoxy) is 1. The second-order valence-corrected chi connectivity index (χ2v) is 3.93. The Bertz CT molecular complexity index is 594. The van der Waals surface area contributed by atoms with Crippen LogP contribution in [0.5, 0.6) is 5.75 Å². The van der Waals surface area contributed by atoms with Crippen LogP contribution in [0.3, 0.4) is 0 Å². The van der Waals surface area contributed by atoms with Crippen molar-refractivity contribution in [2.24, 2.45) is 0 Å². The van der Waals surface area contributed by atoms with E-state index in [2.05, 4.69) is 10.1 Å². The Hall–Kier alpha value is -2.64. The molecule has 0 aliphatic carbocycles. The molecule has 0 aliphatic heterocycles. The van der Waals surface area contributed by atoms with Gasteiger partial charge in [-0.25, -0.2) is 4.39 Å². The van der Waals surface area contributed by atoms with Crippen molar-refractivity contribution in [2.75, 3.05) is 6.61 Å². The summed E-state index contributed by atoms with van der Waals surface area (Å²) in [5.74, 6) is -1.21. The summed E-state index contributed by atoms with van der Waals surface area (Å²) >= 11 is 0. The molecule has 1 aromatic carbocycles. The van der Waals surface area contributed by atoms with Gasteiger partial charge in [0.05, 0.1) is 0 Å². The molecule has 0 radical (unpaired) electrons. The molecule has 0 heterocycles. The third kappa shape index (κ3) is 5.78. The first-order valence-corrected chi connectivity index (χ1v) is 5.88. The van der Waals surface area contributed by atoms with Gasteiger partial charge in [-0.1, -0.05) is 0 Å². The Morgan fingerprint density at radius 1 is 1.27 bits per heavy atom. The van der Waals surface area contributed by atoms with E-state index in [9.17, 15) is 27.2 Å². The Balaban J connectivity index is 3.09. The first kappa shape index (κ1) is 17.4. The van der Waals surface area contributed by atoms with E-state index in [0.717, 1.165) is 18.2 Å². The van der Waals surface area contributed by atoms with Crippen LogP contribution in [0, 0.1) is 5.82 Å². The largest absolute Gasteiger partial charge is 0.483 e. The van der Waals surface area contributed by atoms with Crippen LogP contribution >= 0.6 is 0 Å². The van der Waals surface area contributed by atoms with E-state index >= 15 is 0 Å². The zero-order valence-electron chi connectivity index (χ0n) is 11.1. The molecule has 0 aromatic heterocycles. The molecule has 0 saturated carbocycles. The van der Waals surface area contributed by atoms with Gasteiger partial charge in [0, 0.05) is 23.4 Å². The minimum absolute atomic E-state index is 0.00333. The average Bonchev–Trinajstić information content (AvgIpc) is 2.45. The van der Waals surface area contributed by atoms with Gasteiger partial charge in [-0.3, -0.25) is 9.59 Å². The molecule has 1 amide bonds. The minimum Gasteiger partial charge on any atom is -0.483 e. The molecule has 0 unspecified atom stereocenters. The highest BCUT2D eigenvalue weighted by molar-refractivity contribution is 6.08. The zero-order valence-corrected chi connectivity index (χ0v) is 11.1. The van der Waals surface area contributed by atoms with E-state index in [4.69, 9.17) is 0 Å². The molecular formula is C14H11F4NO3. The minimum atomic E-state index is -4.59. The Morgan fingerprint density at radius 2 is 2.00 bits per heavy atom. The van der Waals surface area contributed by atoms with Gasteiger partial charge in [-0.15, -0.1) is 0 Å². The van der Waals surface area contributed by atoms with Gasteiger partial charge in [0.15, 0.2) is 12.9 Å². The first-order chi connectivity index (χ1) is 10.4. The zero-order chi connectivity index (χ0) is 16.6. The number of carbonyl (C=O) groups is 2.